The van der Waals surface area contributed by atoms with Crippen LogP contribution in [0.5, 0.6) is 0 Å². The number of hydrogen-bond donors (Lipinski definition) is 1. The van der Waals surface area contributed by atoms with Gasteiger partial charge in [0.2, 0.25) is 0 Å². The first-order valence-electron chi connectivity index (χ1n) is 3.96. The molecule has 7 heteroatoms. The number of thioether (sulfide) groups is 1. The van der Waals surface area contributed by atoms with Crippen LogP contribution in [0.15, 0.2) is 0 Å². The fourth-order valence-electron chi connectivity index (χ4n) is 1.34. The van der Waals surface area contributed by atoms with E-state index in [0.717, 1.165) is 5.75 Å². The van der Waals surface area contributed by atoms with Gasteiger partial charge in [0, 0.05) is 11.2 Å². The minimum Gasteiger partial charge on any atom is -0.746 e. The number of rotatable bonds is 1. The first-order chi connectivity index (χ1) is 5.71. The van der Waals surface area contributed by atoms with E-state index in [1.54, 1.807) is 13.8 Å². The zero-order valence-electron chi connectivity index (χ0n) is 8.61. The summed E-state index contributed by atoms with van der Waals surface area (Å²) in [5, 5.41) is 9.81. The predicted molar refractivity (Wildman–Crippen MR) is 50.4 cm³/mol. The Morgan fingerprint density at radius 3 is 2.21 bits per heavy atom. The zero-order valence-corrected chi connectivity index (χ0v) is 12.2. The maximum absolute atomic E-state index is 10.9. The van der Waals surface area contributed by atoms with Crippen LogP contribution in [0.25, 0.3) is 0 Å². The van der Waals surface area contributed by atoms with Crippen LogP contribution in [0.4, 0.5) is 0 Å². The van der Waals surface area contributed by atoms with Gasteiger partial charge in [-0.25, -0.2) is 8.42 Å². The SMILES string of the molecule is CC1(C)CCSCC1(O)S(=O)(=O)[O-].[Na+]. The van der Waals surface area contributed by atoms with Crippen LogP contribution in [-0.4, -0.2) is 34.5 Å². The molecule has 1 heterocycles. The van der Waals surface area contributed by atoms with Crippen molar-refractivity contribution in [3.05, 3.63) is 0 Å². The molecule has 1 saturated heterocycles. The summed E-state index contributed by atoms with van der Waals surface area (Å²) in [7, 11) is -4.65. The van der Waals surface area contributed by atoms with Gasteiger partial charge < -0.3 is 9.66 Å². The third kappa shape index (κ3) is 2.48. The van der Waals surface area contributed by atoms with E-state index in [2.05, 4.69) is 0 Å². The largest absolute Gasteiger partial charge is 1.00 e. The van der Waals surface area contributed by atoms with Crippen LogP contribution in [-0.2, 0) is 10.1 Å². The third-order valence-electron chi connectivity index (χ3n) is 2.64. The average molecular weight is 248 g/mol. The van der Waals surface area contributed by atoms with Gasteiger partial charge >= 0.3 is 29.6 Å². The molecule has 1 N–H and O–H groups in total. The second-order valence-electron chi connectivity index (χ2n) is 3.92. The number of hydrogen-bond acceptors (Lipinski definition) is 5. The molecule has 0 bridgehead atoms. The van der Waals surface area contributed by atoms with E-state index in [9.17, 15) is 18.1 Å². The van der Waals surface area contributed by atoms with Crippen molar-refractivity contribution in [3.8, 4) is 0 Å². The standard InChI is InChI=1S/C7H14O4S2.Na/c1-6(2)3-4-12-5-7(6,8)13(9,10)11;/h8H,3-5H2,1-2H3,(H,9,10,11);/q;+1/p-1. The van der Waals surface area contributed by atoms with Crippen LogP contribution in [0.2, 0.25) is 0 Å². The maximum Gasteiger partial charge on any atom is 1.00 e. The Balaban J connectivity index is 0.00000169. The van der Waals surface area contributed by atoms with Gasteiger partial charge in [-0.05, 0) is 12.2 Å². The summed E-state index contributed by atoms with van der Waals surface area (Å²) in [5.41, 5.74) is -0.848. The molecule has 0 aliphatic carbocycles. The molecule has 1 rings (SSSR count). The molecular weight excluding hydrogens is 235 g/mol. The van der Waals surface area contributed by atoms with Gasteiger partial charge in [0.25, 0.3) is 0 Å². The van der Waals surface area contributed by atoms with Gasteiger partial charge in [-0.2, -0.15) is 11.8 Å². The summed E-state index contributed by atoms with van der Waals surface area (Å²) in [6.07, 6.45) is 0.537. The smallest absolute Gasteiger partial charge is 0.746 e. The molecule has 0 saturated carbocycles. The molecule has 0 aromatic rings. The monoisotopic (exact) mass is 248 g/mol. The van der Waals surface area contributed by atoms with E-state index in [0.29, 0.717) is 6.42 Å². The summed E-state index contributed by atoms with van der Waals surface area (Å²) in [4.78, 5) is -2.11. The van der Waals surface area contributed by atoms with Gasteiger partial charge in [0.15, 0.2) is 4.93 Å². The minimum absolute atomic E-state index is 0. The van der Waals surface area contributed by atoms with E-state index in [-0.39, 0.29) is 35.3 Å². The van der Waals surface area contributed by atoms with Crippen molar-refractivity contribution in [1.29, 1.82) is 0 Å². The zero-order chi connectivity index (χ0) is 10.3. The fraction of sp³-hybridized carbons (Fsp3) is 1.00. The van der Waals surface area contributed by atoms with Crippen LogP contribution in [0.1, 0.15) is 20.3 Å². The molecule has 78 valence electrons. The first kappa shape index (κ1) is 15.2. The van der Waals surface area contributed by atoms with E-state index >= 15 is 0 Å². The minimum atomic E-state index is -4.65. The molecule has 14 heavy (non-hydrogen) atoms. The molecule has 1 unspecified atom stereocenters. The maximum atomic E-state index is 10.9. The van der Waals surface area contributed by atoms with E-state index in [1.165, 1.54) is 11.8 Å². The molecule has 0 aromatic carbocycles. The van der Waals surface area contributed by atoms with Crippen molar-refractivity contribution in [2.75, 3.05) is 11.5 Å². The molecular formula is C7H13NaO4S2. The Hall–Kier alpha value is 1.22. The van der Waals surface area contributed by atoms with Crippen molar-refractivity contribution < 1.29 is 47.6 Å². The third-order valence-corrected chi connectivity index (χ3v) is 5.46. The predicted octanol–water partition coefficient (Wildman–Crippen LogP) is -2.61. The van der Waals surface area contributed by atoms with Crippen LogP contribution in [0.3, 0.4) is 0 Å². The summed E-state index contributed by atoms with van der Waals surface area (Å²) in [5.74, 6) is 0.761. The summed E-state index contributed by atoms with van der Waals surface area (Å²) < 4.78 is 32.7. The van der Waals surface area contributed by atoms with Crippen LogP contribution >= 0.6 is 11.8 Å². The van der Waals surface area contributed by atoms with Gasteiger partial charge in [0.05, 0.1) is 0 Å². The van der Waals surface area contributed by atoms with Gasteiger partial charge in [-0.1, -0.05) is 13.8 Å². The van der Waals surface area contributed by atoms with E-state index in [4.69, 9.17) is 0 Å². The molecule has 1 atom stereocenters. The molecule has 0 aromatic heterocycles. The Labute approximate surface area is 111 Å². The topological polar surface area (TPSA) is 77.4 Å². The Kier molecular flexibility index (Phi) is 5.01. The molecule has 0 spiro atoms. The molecule has 0 amide bonds. The second kappa shape index (κ2) is 4.61. The Bertz CT molecular complexity index is 301. The summed E-state index contributed by atoms with van der Waals surface area (Å²) in [6, 6.07) is 0. The molecule has 1 aliphatic heterocycles. The van der Waals surface area contributed by atoms with E-state index < -0.39 is 20.5 Å². The van der Waals surface area contributed by atoms with Crippen molar-refractivity contribution in [3.63, 3.8) is 0 Å². The van der Waals surface area contributed by atoms with Crippen molar-refractivity contribution in [1.82, 2.24) is 0 Å². The molecule has 1 aliphatic rings. The van der Waals surface area contributed by atoms with Crippen LogP contribution in [0, 0.1) is 5.41 Å². The molecule has 0 radical (unpaired) electrons. The normalized spacial score (nSPS) is 32.0. The van der Waals surface area contributed by atoms with Gasteiger partial charge in [0.1, 0.15) is 10.1 Å². The number of aliphatic hydroxyl groups is 1. The van der Waals surface area contributed by atoms with Gasteiger partial charge in [-0.15, -0.1) is 0 Å². The van der Waals surface area contributed by atoms with Crippen molar-refractivity contribution >= 4 is 21.9 Å². The molecule has 4 nitrogen and oxygen atoms in total. The van der Waals surface area contributed by atoms with Crippen molar-refractivity contribution in [2.45, 2.75) is 25.2 Å². The fourth-order valence-corrected chi connectivity index (χ4v) is 4.41. The molecule has 1 fully saturated rings. The van der Waals surface area contributed by atoms with E-state index in [1.807, 2.05) is 0 Å². The van der Waals surface area contributed by atoms with Crippen molar-refractivity contribution in [2.24, 2.45) is 5.41 Å². The average Bonchev–Trinajstić information content (AvgIpc) is 1.93. The summed E-state index contributed by atoms with van der Waals surface area (Å²) >= 11 is 1.30. The van der Waals surface area contributed by atoms with Crippen LogP contribution < -0.4 is 29.6 Å². The Morgan fingerprint density at radius 2 is 1.93 bits per heavy atom. The Morgan fingerprint density at radius 1 is 1.43 bits per heavy atom. The quantitative estimate of drug-likeness (QED) is 0.406. The first-order valence-corrected chi connectivity index (χ1v) is 6.53. The summed E-state index contributed by atoms with van der Waals surface area (Å²) in [6.45, 7) is 3.23. The second-order valence-corrected chi connectivity index (χ2v) is 6.61. The van der Waals surface area contributed by atoms with Gasteiger partial charge in [-0.3, -0.25) is 0 Å².